The molecule has 4 nitrogen and oxygen atoms in total. The number of piperazine rings is 1. The van der Waals surface area contributed by atoms with Gasteiger partial charge in [0.2, 0.25) is 0 Å². The maximum absolute atomic E-state index is 6.09. The normalized spacial score (nSPS) is 23.3. The average Bonchev–Trinajstić information content (AvgIpc) is 2.78. The molecular weight excluding hydrogens is 286 g/mol. The summed E-state index contributed by atoms with van der Waals surface area (Å²) in [6.07, 6.45) is 6.01. The number of nitrogens with zero attached hydrogens (tertiary/aromatic N) is 2. The Bertz CT molecular complexity index is 524. The van der Waals surface area contributed by atoms with Crippen molar-refractivity contribution in [3.63, 3.8) is 0 Å². The van der Waals surface area contributed by atoms with Crippen LogP contribution in [0.1, 0.15) is 37.3 Å². The molecule has 0 bridgehead atoms. The first-order valence-electron chi connectivity index (χ1n) is 9.13. The predicted molar refractivity (Wildman–Crippen MR) is 96.1 cm³/mol. The molecule has 1 aromatic rings. The fourth-order valence-electron chi connectivity index (χ4n) is 4.24. The fourth-order valence-corrected chi connectivity index (χ4v) is 4.24. The highest BCUT2D eigenvalue weighted by molar-refractivity contribution is 5.60. The lowest BCUT2D eigenvalue weighted by atomic mass is 9.99. The van der Waals surface area contributed by atoms with Crippen molar-refractivity contribution in [2.45, 2.75) is 45.1 Å². The Morgan fingerprint density at radius 3 is 2.70 bits per heavy atom. The Morgan fingerprint density at radius 2 is 2.00 bits per heavy atom. The second-order valence-electron chi connectivity index (χ2n) is 6.95. The van der Waals surface area contributed by atoms with E-state index >= 15 is 0 Å². The van der Waals surface area contributed by atoms with Crippen LogP contribution in [0.5, 0.6) is 5.75 Å². The Hall–Kier alpha value is -1.26. The minimum atomic E-state index is 0.674. The van der Waals surface area contributed by atoms with Gasteiger partial charge >= 0.3 is 0 Å². The number of methoxy groups -OCH3 is 1. The maximum Gasteiger partial charge on any atom is 0.145 e. The summed E-state index contributed by atoms with van der Waals surface area (Å²) in [5.74, 6) is 0.913. The molecule has 0 radical (unpaired) electrons. The van der Waals surface area contributed by atoms with Gasteiger partial charge < -0.3 is 15.4 Å². The van der Waals surface area contributed by atoms with Gasteiger partial charge in [-0.15, -0.1) is 0 Å². The van der Waals surface area contributed by atoms with Gasteiger partial charge in [-0.3, -0.25) is 4.90 Å². The second-order valence-corrected chi connectivity index (χ2v) is 6.95. The molecule has 0 aromatic heterocycles. The van der Waals surface area contributed by atoms with Gasteiger partial charge in [-0.2, -0.15) is 0 Å². The first-order valence-corrected chi connectivity index (χ1v) is 9.13. The average molecular weight is 317 g/mol. The number of nitrogens with two attached hydrogens (primary N) is 1. The molecule has 0 spiro atoms. The topological polar surface area (TPSA) is 41.7 Å². The van der Waals surface area contributed by atoms with E-state index in [1.807, 2.05) is 6.07 Å². The first kappa shape index (κ1) is 16.6. The Balaban J connectivity index is 1.70. The molecule has 1 heterocycles. The lowest BCUT2D eigenvalue weighted by Gasteiger charge is -2.39. The van der Waals surface area contributed by atoms with E-state index in [1.165, 1.54) is 63.1 Å². The van der Waals surface area contributed by atoms with Crippen LogP contribution in [0.4, 0.5) is 5.69 Å². The highest BCUT2D eigenvalue weighted by Crippen LogP contribution is 2.34. The summed E-state index contributed by atoms with van der Waals surface area (Å²) in [5.41, 5.74) is 9.65. The fraction of sp³-hybridized carbons (Fsp3) is 0.684. The van der Waals surface area contributed by atoms with Crippen molar-refractivity contribution in [1.29, 1.82) is 0 Å². The first-order chi connectivity index (χ1) is 11.2. The summed E-state index contributed by atoms with van der Waals surface area (Å²) >= 11 is 0. The second kappa shape index (κ2) is 7.54. The van der Waals surface area contributed by atoms with Gasteiger partial charge in [-0.1, -0.05) is 13.0 Å². The van der Waals surface area contributed by atoms with Crippen molar-refractivity contribution in [1.82, 2.24) is 9.80 Å². The minimum absolute atomic E-state index is 0.674. The Kier molecular flexibility index (Phi) is 5.44. The van der Waals surface area contributed by atoms with Crippen LogP contribution in [0.15, 0.2) is 12.1 Å². The number of ether oxygens (including phenoxy) is 1. The van der Waals surface area contributed by atoms with Crippen molar-refractivity contribution in [2.75, 3.05) is 45.6 Å². The van der Waals surface area contributed by atoms with Crippen molar-refractivity contribution in [3.8, 4) is 5.75 Å². The predicted octanol–water partition coefficient (Wildman–Crippen LogP) is 2.55. The molecule has 1 aromatic carbocycles. The molecule has 3 rings (SSSR count). The summed E-state index contributed by atoms with van der Waals surface area (Å²) in [4.78, 5) is 5.31. The van der Waals surface area contributed by atoms with Gasteiger partial charge in [0.15, 0.2) is 0 Å². The number of rotatable bonds is 4. The molecule has 0 unspecified atom stereocenters. The molecule has 1 saturated heterocycles. The molecule has 128 valence electrons. The van der Waals surface area contributed by atoms with E-state index in [1.54, 1.807) is 7.11 Å². The SMILES string of the molecule is CCCN1CCN([C@H]2CCCc3c(ccc(N)c3OC)C2)CC1. The van der Waals surface area contributed by atoms with Crippen LogP contribution < -0.4 is 10.5 Å². The summed E-state index contributed by atoms with van der Waals surface area (Å²) in [5, 5.41) is 0. The van der Waals surface area contributed by atoms with Crippen molar-refractivity contribution < 1.29 is 4.74 Å². The zero-order valence-corrected chi connectivity index (χ0v) is 14.7. The number of benzene rings is 1. The van der Waals surface area contributed by atoms with Crippen LogP contribution in [0.3, 0.4) is 0 Å². The lowest BCUT2D eigenvalue weighted by molar-refractivity contribution is 0.0920. The van der Waals surface area contributed by atoms with Crippen LogP contribution in [0.2, 0.25) is 0 Å². The van der Waals surface area contributed by atoms with E-state index in [4.69, 9.17) is 10.5 Å². The molecule has 1 atom stereocenters. The van der Waals surface area contributed by atoms with Gasteiger partial charge in [0.1, 0.15) is 5.75 Å². The van der Waals surface area contributed by atoms with Gasteiger partial charge in [0, 0.05) is 32.2 Å². The van der Waals surface area contributed by atoms with E-state index in [2.05, 4.69) is 22.8 Å². The van der Waals surface area contributed by atoms with Gasteiger partial charge in [0.25, 0.3) is 0 Å². The quantitative estimate of drug-likeness (QED) is 0.684. The summed E-state index contributed by atoms with van der Waals surface area (Å²) in [7, 11) is 1.74. The molecule has 1 aliphatic heterocycles. The zero-order valence-electron chi connectivity index (χ0n) is 14.7. The number of hydrogen-bond acceptors (Lipinski definition) is 4. The number of nitrogen functional groups attached to an aromatic ring is 1. The molecule has 2 N–H and O–H groups in total. The Morgan fingerprint density at radius 1 is 1.22 bits per heavy atom. The van der Waals surface area contributed by atoms with E-state index in [0.717, 1.165) is 24.3 Å². The van der Waals surface area contributed by atoms with Gasteiger partial charge in [0.05, 0.1) is 12.8 Å². The molecule has 23 heavy (non-hydrogen) atoms. The minimum Gasteiger partial charge on any atom is -0.494 e. The summed E-state index contributed by atoms with van der Waals surface area (Å²) < 4.78 is 5.58. The van der Waals surface area contributed by atoms with Gasteiger partial charge in [-0.25, -0.2) is 0 Å². The summed E-state index contributed by atoms with van der Waals surface area (Å²) in [6.45, 7) is 8.40. The lowest BCUT2D eigenvalue weighted by Crippen LogP contribution is -2.50. The molecular formula is C19H31N3O. The number of hydrogen-bond donors (Lipinski definition) is 1. The zero-order chi connectivity index (χ0) is 16.2. The third-order valence-corrected chi connectivity index (χ3v) is 5.47. The highest BCUT2D eigenvalue weighted by Gasteiger charge is 2.27. The van der Waals surface area contributed by atoms with E-state index in [9.17, 15) is 0 Å². The van der Waals surface area contributed by atoms with Crippen LogP contribution >= 0.6 is 0 Å². The van der Waals surface area contributed by atoms with Crippen LogP contribution in [0.25, 0.3) is 0 Å². The largest absolute Gasteiger partial charge is 0.494 e. The molecule has 2 aliphatic rings. The molecule has 4 heteroatoms. The van der Waals surface area contributed by atoms with Gasteiger partial charge in [-0.05, 0) is 55.8 Å². The van der Waals surface area contributed by atoms with E-state index in [0.29, 0.717) is 6.04 Å². The highest BCUT2D eigenvalue weighted by atomic mass is 16.5. The molecule has 1 fully saturated rings. The van der Waals surface area contributed by atoms with Crippen molar-refractivity contribution in [2.24, 2.45) is 0 Å². The monoisotopic (exact) mass is 317 g/mol. The molecule has 1 aliphatic carbocycles. The van der Waals surface area contributed by atoms with Crippen molar-refractivity contribution in [3.05, 3.63) is 23.3 Å². The maximum atomic E-state index is 6.09. The van der Waals surface area contributed by atoms with Crippen LogP contribution in [-0.2, 0) is 12.8 Å². The third-order valence-electron chi connectivity index (χ3n) is 5.47. The molecule has 0 amide bonds. The smallest absolute Gasteiger partial charge is 0.145 e. The molecule has 0 saturated carbocycles. The third kappa shape index (κ3) is 3.64. The van der Waals surface area contributed by atoms with Crippen molar-refractivity contribution >= 4 is 5.69 Å². The van der Waals surface area contributed by atoms with E-state index in [-0.39, 0.29) is 0 Å². The number of anilines is 1. The summed E-state index contributed by atoms with van der Waals surface area (Å²) in [6, 6.07) is 4.91. The van der Waals surface area contributed by atoms with E-state index < -0.39 is 0 Å². The standard InChI is InChI=1S/C19H31N3O/c1-3-9-21-10-12-22(13-11-21)16-5-4-6-17-15(14-16)7-8-18(20)19(17)23-2/h7-8,16H,3-6,9-14,20H2,1-2H3/t16-/m0/s1. The number of fused-ring (bicyclic) bond motifs is 1. The van der Waals surface area contributed by atoms with Crippen LogP contribution in [0, 0.1) is 0 Å². The van der Waals surface area contributed by atoms with Crippen LogP contribution in [-0.4, -0.2) is 55.7 Å². The Labute approximate surface area is 140 Å².